The Hall–Kier alpha value is -4.49. The molecular formula is C33H25N. The highest BCUT2D eigenvalue weighted by Gasteiger charge is 2.16. The molecule has 0 saturated heterocycles. The molecule has 0 aliphatic rings. The van der Waals surface area contributed by atoms with Gasteiger partial charge in [0.2, 0.25) is 0 Å². The maximum absolute atomic E-state index is 5.44. The Morgan fingerprint density at radius 2 is 0.618 bits per heavy atom. The third-order valence-electron chi connectivity index (χ3n) is 5.73. The minimum atomic E-state index is 0.945. The lowest BCUT2D eigenvalue weighted by Gasteiger charge is -2.16. The molecule has 0 spiro atoms. The molecule has 5 aromatic carbocycles. The predicted molar refractivity (Wildman–Crippen MR) is 144 cm³/mol. The predicted octanol–water partition coefficient (Wildman–Crippen LogP) is 8.14. The zero-order chi connectivity index (χ0) is 23.0. The third-order valence-corrected chi connectivity index (χ3v) is 5.73. The lowest BCUT2D eigenvalue weighted by molar-refractivity contribution is 1.44. The fraction of sp³-hybridized carbons (Fsp3) is 0. The lowest BCUT2D eigenvalue weighted by atomic mass is 9.92. The Balaban J connectivity index is 1.87. The number of rotatable bonds is 6. The molecule has 1 nitrogen and oxygen atoms in total. The SMILES string of the molecule is c1ccc(C(=NC(=C(c2ccccc2)c2ccccc2)c2ccccc2)c2ccccc2)cc1. The van der Waals surface area contributed by atoms with Crippen molar-refractivity contribution in [3.63, 3.8) is 0 Å². The monoisotopic (exact) mass is 435 g/mol. The van der Waals surface area contributed by atoms with E-state index in [-0.39, 0.29) is 0 Å². The number of hydrogen-bond donors (Lipinski definition) is 0. The summed E-state index contributed by atoms with van der Waals surface area (Å²) in [7, 11) is 0. The fourth-order valence-electron chi connectivity index (χ4n) is 4.11. The lowest BCUT2D eigenvalue weighted by Crippen LogP contribution is -2.05. The molecule has 0 N–H and O–H groups in total. The van der Waals surface area contributed by atoms with Crippen LogP contribution in [0.5, 0.6) is 0 Å². The van der Waals surface area contributed by atoms with E-state index in [1.54, 1.807) is 0 Å². The molecule has 0 aliphatic heterocycles. The normalized spacial score (nSPS) is 10.4. The van der Waals surface area contributed by atoms with E-state index < -0.39 is 0 Å². The zero-order valence-electron chi connectivity index (χ0n) is 18.9. The molecule has 0 saturated carbocycles. The standard InChI is InChI=1S/C33H25N/c1-6-16-26(17-7-1)31(27-18-8-2-9-19-27)33(30-24-14-5-15-25-30)34-32(28-20-10-3-11-21-28)29-22-12-4-13-23-29/h1-25H. The number of hydrogen-bond acceptors (Lipinski definition) is 1. The second kappa shape index (κ2) is 10.4. The summed E-state index contributed by atoms with van der Waals surface area (Å²) in [6.45, 7) is 0. The van der Waals surface area contributed by atoms with Crippen LogP contribution in [0.4, 0.5) is 0 Å². The third kappa shape index (κ3) is 4.79. The Morgan fingerprint density at radius 3 is 0.971 bits per heavy atom. The maximum Gasteiger partial charge on any atom is 0.0794 e. The summed E-state index contributed by atoms with van der Waals surface area (Å²) in [5, 5.41) is 0. The molecule has 162 valence electrons. The molecular weight excluding hydrogens is 410 g/mol. The van der Waals surface area contributed by atoms with Gasteiger partial charge >= 0.3 is 0 Å². The quantitative estimate of drug-likeness (QED) is 0.188. The van der Waals surface area contributed by atoms with Crippen molar-refractivity contribution in [2.45, 2.75) is 0 Å². The molecule has 0 unspecified atom stereocenters. The summed E-state index contributed by atoms with van der Waals surface area (Å²) in [6.07, 6.45) is 0. The largest absolute Gasteiger partial charge is 0.246 e. The molecule has 0 fully saturated rings. The van der Waals surface area contributed by atoms with Crippen LogP contribution in [0, 0.1) is 0 Å². The van der Waals surface area contributed by atoms with E-state index >= 15 is 0 Å². The first-order chi connectivity index (χ1) is 16.9. The molecule has 0 amide bonds. The van der Waals surface area contributed by atoms with Crippen LogP contribution in [0.25, 0.3) is 11.3 Å². The van der Waals surface area contributed by atoms with Crippen molar-refractivity contribution < 1.29 is 0 Å². The van der Waals surface area contributed by atoms with Gasteiger partial charge in [0, 0.05) is 22.3 Å². The van der Waals surface area contributed by atoms with Gasteiger partial charge in [0.15, 0.2) is 0 Å². The average Bonchev–Trinajstić information content (AvgIpc) is 2.93. The van der Waals surface area contributed by atoms with E-state index in [2.05, 4.69) is 133 Å². The Labute approximate surface area is 201 Å². The van der Waals surface area contributed by atoms with Crippen molar-refractivity contribution in [2.75, 3.05) is 0 Å². The number of aliphatic imine (C=N–C) groups is 1. The van der Waals surface area contributed by atoms with Gasteiger partial charge < -0.3 is 0 Å². The minimum Gasteiger partial charge on any atom is -0.246 e. The van der Waals surface area contributed by atoms with Gasteiger partial charge in [0.05, 0.1) is 11.4 Å². The molecule has 0 radical (unpaired) electrons. The summed E-state index contributed by atoms with van der Waals surface area (Å²) in [6, 6.07) is 52.4. The summed E-state index contributed by atoms with van der Waals surface area (Å²) in [5.74, 6) is 0. The van der Waals surface area contributed by atoms with Crippen LogP contribution in [-0.4, -0.2) is 5.71 Å². The minimum absolute atomic E-state index is 0.945. The van der Waals surface area contributed by atoms with Gasteiger partial charge in [-0.1, -0.05) is 152 Å². The van der Waals surface area contributed by atoms with Crippen molar-refractivity contribution >= 4 is 17.0 Å². The van der Waals surface area contributed by atoms with Crippen molar-refractivity contribution in [1.82, 2.24) is 0 Å². The van der Waals surface area contributed by atoms with Crippen LogP contribution in [0.2, 0.25) is 0 Å². The molecule has 0 bridgehead atoms. The topological polar surface area (TPSA) is 12.4 Å². The van der Waals surface area contributed by atoms with Gasteiger partial charge in [-0.2, -0.15) is 0 Å². The van der Waals surface area contributed by atoms with Crippen LogP contribution in [-0.2, 0) is 0 Å². The molecule has 1 heteroatoms. The molecule has 0 atom stereocenters. The Bertz CT molecular complexity index is 1300. The van der Waals surface area contributed by atoms with E-state index in [4.69, 9.17) is 4.99 Å². The van der Waals surface area contributed by atoms with Crippen LogP contribution in [0.15, 0.2) is 157 Å². The number of benzene rings is 5. The second-order valence-corrected chi connectivity index (χ2v) is 8.01. The molecule has 5 aromatic rings. The summed E-state index contributed by atoms with van der Waals surface area (Å²) < 4.78 is 0. The van der Waals surface area contributed by atoms with E-state index in [0.717, 1.165) is 44.8 Å². The van der Waals surface area contributed by atoms with Crippen LogP contribution in [0.1, 0.15) is 27.8 Å². The van der Waals surface area contributed by atoms with Crippen molar-refractivity contribution in [2.24, 2.45) is 4.99 Å². The van der Waals surface area contributed by atoms with E-state index in [9.17, 15) is 0 Å². The van der Waals surface area contributed by atoms with Crippen LogP contribution < -0.4 is 0 Å². The highest BCUT2D eigenvalue weighted by molar-refractivity contribution is 6.16. The van der Waals surface area contributed by atoms with Gasteiger partial charge in [-0.3, -0.25) is 0 Å². The van der Waals surface area contributed by atoms with E-state index in [1.165, 1.54) is 0 Å². The number of nitrogens with zero attached hydrogens (tertiary/aromatic N) is 1. The van der Waals surface area contributed by atoms with E-state index in [0.29, 0.717) is 0 Å². The zero-order valence-corrected chi connectivity index (χ0v) is 18.9. The average molecular weight is 436 g/mol. The van der Waals surface area contributed by atoms with Crippen LogP contribution >= 0.6 is 0 Å². The van der Waals surface area contributed by atoms with Gasteiger partial charge in [-0.05, 0) is 11.1 Å². The second-order valence-electron chi connectivity index (χ2n) is 8.01. The molecule has 0 heterocycles. The van der Waals surface area contributed by atoms with Gasteiger partial charge in [-0.25, -0.2) is 4.99 Å². The van der Waals surface area contributed by atoms with Gasteiger partial charge in [0.25, 0.3) is 0 Å². The van der Waals surface area contributed by atoms with Crippen molar-refractivity contribution in [1.29, 1.82) is 0 Å². The van der Waals surface area contributed by atoms with Crippen molar-refractivity contribution in [3.05, 3.63) is 179 Å². The summed E-state index contributed by atoms with van der Waals surface area (Å²) in [5.41, 5.74) is 8.52. The molecule has 0 aromatic heterocycles. The Morgan fingerprint density at radius 1 is 0.324 bits per heavy atom. The smallest absolute Gasteiger partial charge is 0.0794 e. The molecule has 0 aliphatic carbocycles. The molecule has 5 rings (SSSR count). The van der Waals surface area contributed by atoms with Gasteiger partial charge in [-0.15, -0.1) is 0 Å². The van der Waals surface area contributed by atoms with Crippen molar-refractivity contribution in [3.8, 4) is 0 Å². The Kier molecular flexibility index (Phi) is 6.54. The highest BCUT2D eigenvalue weighted by atomic mass is 14.8. The van der Waals surface area contributed by atoms with E-state index in [1.807, 2.05) is 18.2 Å². The fourth-order valence-corrected chi connectivity index (χ4v) is 4.11. The first-order valence-corrected chi connectivity index (χ1v) is 11.5. The van der Waals surface area contributed by atoms with Crippen LogP contribution in [0.3, 0.4) is 0 Å². The first kappa shape index (κ1) is 21.4. The first-order valence-electron chi connectivity index (χ1n) is 11.5. The van der Waals surface area contributed by atoms with Gasteiger partial charge in [0.1, 0.15) is 0 Å². The summed E-state index contributed by atoms with van der Waals surface area (Å²) >= 11 is 0. The highest BCUT2D eigenvalue weighted by Crippen LogP contribution is 2.34. The molecule has 34 heavy (non-hydrogen) atoms. The summed E-state index contributed by atoms with van der Waals surface area (Å²) in [4.78, 5) is 5.44. The maximum atomic E-state index is 5.44.